The van der Waals surface area contributed by atoms with Gasteiger partial charge < -0.3 is 5.11 Å². The van der Waals surface area contributed by atoms with E-state index in [0.29, 0.717) is 0 Å². The summed E-state index contributed by atoms with van der Waals surface area (Å²) in [6.45, 7) is 0. The SMILES string of the molecule is Cn1cc(/C=C(/F)C(=O)O)nn1. The van der Waals surface area contributed by atoms with Crippen molar-refractivity contribution in [2.75, 3.05) is 0 Å². The lowest BCUT2D eigenvalue weighted by Gasteiger charge is -1.84. The summed E-state index contributed by atoms with van der Waals surface area (Å²) in [5.41, 5.74) is 0.178. The Hall–Kier alpha value is -1.72. The highest BCUT2D eigenvalue weighted by molar-refractivity contribution is 5.89. The predicted octanol–water partition coefficient (Wildman–Crippen LogP) is 0.210. The van der Waals surface area contributed by atoms with Crippen LogP contribution in [-0.2, 0) is 11.8 Å². The summed E-state index contributed by atoms with van der Waals surface area (Å²) in [6.07, 6.45) is 2.21. The van der Waals surface area contributed by atoms with Crippen LogP contribution in [-0.4, -0.2) is 26.1 Å². The van der Waals surface area contributed by atoms with Crippen LogP contribution in [0.15, 0.2) is 12.0 Å². The van der Waals surface area contributed by atoms with Crippen molar-refractivity contribution in [3.63, 3.8) is 0 Å². The molecule has 6 heteroatoms. The van der Waals surface area contributed by atoms with Gasteiger partial charge in [0.05, 0.1) is 6.20 Å². The second-order valence-electron chi connectivity index (χ2n) is 2.11. The first-order valence-electron chi connectivity index (χ1n) is 3.06. The summed E-state index contributed by atoms with van der Waals surface area (Å²) in [5.74, 6) is -2.86. The van der Waals surface area contributed by atoms with Gasteiger partial charge in [-0.05, 0) is 0 Å². The number of hydrogen-bond acceptors (Lipinski definition) is 3. The van der Waals surface area contributed by atoms with Gasteiger partial charge in [-0.25, -0.2) is 4.79 Å². The number of aryl methyl sites for hydroxylation is 1. The van der Waals surface area contributed by atoms with Gasteiger partial charge in [0.25, 0.3) is 0 Å². The van der Waals surface area contributed by atoms with E-state index in [9.17, 15) is 9.18 Å². The molecule has 0 aliphatic heterocycles. The van der Waals surface area contributed by atoms with Gasteiger partial charge >= 0.3 is 5.97 Å². The second-order valence-corrected chi connectivity index (χ2v) is 2.11. The average Bonchev–Trinajstić information content (AvgIpc) is 2.35. The quantitative estimate of drug-likeness (QED) is 0.646. The summed E-state index contributed by atoms with van der Waals surface area (Å²) >= 11 is 0. The highest BCUT2D eigenvalue weighted by Crippen LogP contribution is 2.03. The van der Waals surface area contributed by atoms with Gasteiger partial charge in [0, 0.05) is 13.1 Å². The Morgan fingerprint density at radius 2 is 2.50 bits per heavy atom. The minimum Gasteiger partial charge on any atom is -0.476 e. The molecule has 0 saturated heterocycles. The number of rotatable bonds is 2. The van der Waals surface area contributed by atoms with Crippen LogP contribution in [0.5, 0.6) is 0 Å². The third-order valence-corrected chi connectivity index (χ3v) is 1.10. The van der Waals surface area contributed by atoms with Crippen LogP contribution in [0.25, 0.3) is 6.08 Å². The molecule has 5 nitrogen and oxygen atoms in total. The molecule has 0 aliphatic carbocycles. The fourth-order valence-corrected chi connectivity index (χ4v) is 0.623. The number of aliphatic carboxylic acids is 1. The summed E-state index contributed by atoms with van der Waals surface area (Å²) in [5, 5.41) is 15.1. The maximum absolute atomic E-state index is 12.4. The molecule has 64 valence electrons. The second kappa shape index (κ2) is 3.12. The lowest BCUT2D eigenvalue weighted by molar-refractivity contribution is -0.134. The molecule has 0 radical (unpaired) electrons. The van der Waals surface area contributed by atoms with Gasteiger partial charge in [0.1, 0.15) is 5.69 Å². The molecule has 0 fully saturated rings. The van der Waals surface area contributed by atoms with Crippen molar-refractivity contribution >= 4 is 12.0 Å². The molecule has 1 aromatic heterocycles. The normalized spacial score (nSPS) is 11.7. The van der Waals surface area contributed by atoms with Crippen LogP contribution >= 0.6 is 0 Å². The Bertz CT molecular complexity index is 331. The number of aromatic nitrogens is 3. The van der Waals surface area contributed by atoms with Crippen molar-refractivity contribution in [1.82, 2.24) is 15.0 Å². The fraction of sp³-hybridized carbons (Fsp3) is 0.167. The number of carboxylic acid groups (broad SMARTS) is 1. The molecule has 0 atom stereocenters. The lowest BCUT2D eigenvalue weighted by atomic mass is 10.4. The van der Waals surface area contributed by atoms with E-state index in [0.717, 1.165) is 6.08 Å². The zero-order valence-corrected chi connectivity index (χ0v) is 6.23. The number of hydrogen-bond donors (Lipinski definition) is 1. The molecule has 0 spiro atoms. The van der Waals surface area contributed by atoms with E-state index in [-0.39, 0.29) is 5.69 Å². The lowest BCUT2D eigenvalue weighted by Crippen LogP contribution is -1.93. The first-order valence-corrected chi connectivity index (χ1v) is 3.06. The predicted molar refractivity (Wildman–Crippen MR) is 37.7 cm³/mol. The zero-order valence-electron chi connectivity index (χ0n) is 6.23. The summed E-state index contributed by atoms with van der Waals surface area (Å²) < 4.78 is 13.8. The molecule has 0 aromatic carbocycles. The largest absolute Gasteiger partial charge is 0.476 e. The Labute approximate surface area is 67.1 Å². The summed E-state index contributed by atoms with van der Waals surface area (Å²) in [7, 11) is 1.60. The zero-order chi connectivity index (χ0) is 9.14. The molecule has 1 rings (SSSR count). The first-order chi connectivity index (χ1) is 5.59. The standard InChI is InChI=1S/C6H6FN3O2/c1-10-3-4(8-9-10)2-5(7)6(11)12/h2-3H,1H3,(H,11,12)/b5-2+. The van der Waals surface area contributed by atoms with Crippen molar-refractivity contribution in [2.24, 2.45) is 7.05 Å². The Morgan fingerprint density at radius 1 is 1.83 bits per heavy atom. The number of carboxylic acids is 1. The Balaban J connectivity index is 2.87. The Morgan fingerprint density at radius 3 is 2.92 bits per heavy atom. The molecule has 1 heterocycles. The summed E-state index contributed by atoms with van der Waals surface area (Å²) in [4.78, 5) is 10.0. The molecule has 0 amide bonds. The third-order valence-electron chi connectivity index (χ3n) is 1.10. The van der Waals surface area contributed by atoms with Crippen molar-refractivity contribution in [2.45, 2.75) is 0 Å². The highest BCUT2D eigenvalue weighted by atomic mass is 19.1. The maximum Gasteiger partial charge on any atom is 0.364 e. The van der Waals surface area contributed by atoms with Gasteiger partial charge in [-0.3, -0.25) is 4.68 Å². The van der Waals surface area contributed by atoms with Crippen LogP contribution in [0, 0.1) is 0 Å². The molecule has 1 aromatic rings. The van der Waals surface area contributed by atoms with Gasteiger partial charge in [0.2, 0.25) is 5.83 Å². The van der Waals surface area contributed by atoms with Gasteiger partial charge in [-0.15, -0.1) is 5.10 Å². The molecule has 12 heavy (non-hydrogen) atoms. The van der Waals surface area contributed by atoms with Crippen molar-refractivity contribution in [3.05, 3.63) is 17.7 Å². The minimum atomic E-state index is -1.61. The van der Waals surface area contributed by atoms with Crippen molar-refractivity contribution in [1.29, 1.82) is 0 Å². The minimum absolute atomic E-state index is 0.178. The van der Waals surface area contributed by atoms with E-state index in [2.05, 4.69) is 10.3 Å². The highest BCUT2D eigenvalue weighted by Gasteiger charge is 2.06. The molecule has 0 bridgehead atoms. The first kappa shape index (κ1) is 8.38. The van der Waals surface area contributed by atoms with Crippen LogP contribution in [0.3, 0.4) is 0 Å². The average molecular weight is 171 g/mol. The number of carbonyl (C=O) groups is 1. The molecular formula is C6H6FN3O2. The fourth-order valence-electron chi connectivity index (χ4n) is 0.623. The van der Waals surface area contributed by atoms with E-state index in [1.165, 1.54) is 10.9 Å². The van der Waals surface area contributed by atoms with Crippen LogP contribution in [0.4, 0.5) is 4.39 Å². The van der Waals surface area contributed by atoms with E-state index >= 15 is 0 Å². The number of nitrogens with zero attached hydrogens (tertiary/aromatic N) is 3. The number of halogens is 1. The Kier molecular flexibility index (Phi) is 2.18. The van der Waals surface area contributed by atoms with Crippen molar-refractivity contribution < 1.29 is 14.3 Å². The van der Waals surface area contributed by atoms with E-state index in [1.54, 1.807) is 7.05 Å². The molecular weight excluding hydrogens is 165 g/mol. The molecule has 0 aliphatic rings. The third kappa shape index (κ3) is 1.88. The van der Waals surface area contributed by atoms with Gasteiger partial charge in [0.15, 0.2) is 0 Å². The monoisotopic (exact) mass is 171 g/mol. The van der Waals surface area contributed by atoms with Gasteiger partial charge in [-0.1, -0.05) is 5.21 Å². The molecule has 1 N–H and O–H groups in total. The van der Waals surface area contributed by atoms with Gasteiger partial charge in [-0.2, -0.15) is 4.39 Å². The van der Waals surface area contributed by atoms with E-state index in [4.69, 9.17) is 5.11 Å². The topological polar surface area (TPSA) is 68.0 Å². The van der Waals surface area contributed by atoms with Crippen LogP contribution < -0.4 is 0 Å². The van der Waals surface area contributed by atoms with E-state index in [1.807, 2.05) is 0 Å². The van der Waals surface area contributed by atoms with Crippen molar-refractivity contribution in [3.8, 4) is 0 Å². The molecule has 0 saturated carbocycles. The smallest absolute Gasteiger partial charge is 0.364 e. The summed E-state index contributed by atoms with van der Waals surface area (Å²) in [6, 6.07) is 0. The molecule has 0 unspecified atom stereocenters. The van der Waals surface area contributed by atoms with Crippen LogP contribution in [0.2, 0.25) is 0 Å². The van der Waals surface area contributed by atoms with E-state index < -0.39 is 11.8 Å². The maximum atomic E-state index is 12.4. The van der Waals surface area contributed by atoms with Crippen LogP contribution in [0.1, 0.15) is 5.69 Å².